The van der Waals surface area contributed by atoms with Gasteiger partial charge in [-0.25, -0.2) is 0 Å². The van der Waals surface area contributed by atoms with Crippen LogP contribution in [0.5, 0.6) is 0 Å². The number of benzene rings is 2. The molecule has 2 aromatic rings. The second kappa shape index (κ2) is 5.15. The Morgan fingerprint density at radius 2 is 1.24 bits per heavy atom. The minimum absolute atomic E-state index is 0.364. The minimum atomic E-state index is -0.364. The second-order valence-corrected chi connectivity index (χ2v) is 4.20. The third kappa shape index (κ3) is 2.40. The third-order valence-corrected chi connectivity index (χ3v) is 3.08. The fourth-order valence-corrected chi connectivity index (χ4v) is 2.13. The minimum Gasteiger partial charge on any atom is -0.366 e. The van der Waals surface area contributed by atoms with E-state index in [9.17, 15) is 0 Å². The zero-order valence-electron chi connectivity index (χ0n) is 10.4. The fraction of sp³-hybridized carbons (Fsp3) is 0.250. The van der Waals surface area contributed by atoms with Crippen molar-refractivity contribution in [1.29, 1.82) is 0 Å². The van der Waals surface area contributed by atoms with Crippen molar-refractivity contribution in [3.05, 3.63) is 71.8 Å². The maximum absolute atomic E-state index is 6.00. The van der Waals surface area contributed by atoms with Crippen molar-refractivity contribution in [3.63, 3.8) is 0 Å². The van der Waals surface area contributed by atoms with Gasteiger partial charge in [0.05, 0.1) is 0 Å². The molecule has 0 radical (unpaired) electrons. The van der Waals surface area contributed by atoms with Crippen LogP contribution in [0.25, 0.3) is 0 Å². The summed E-state index contributed by atoms with van der Waals surface area (Å²) in [5, 5.41) is 0. The Morgan fingerprint density at radius 1 is 0.824 bits per heavy atom. The van der Waals surface area contributed by atoms with E-state index in [1.54, 1.807) is 0 Å². The van der Waals surface area contributed by atoms with Gasteiger partial charge in [-0.3, -0.25) is 0 Å². The first-order chi connectivity index (χ1) is 8.27. The molecule has 1 nitrogen and oxygen atoms in total. The molecule has 0 aromatic heterocycles. The quantitative estimate of drug-likeness (QED) is 0.766. The van der Waals surface area contributed by atoms with Crippen molar-refractivity contribution in [2.75, 3.05) is 6.61 Å². The number of hydrogen-bond acceptors (Lipinski definition) is 1. The van der Waals surface area contributed by atoms with E-state index in [4.69, 9.17) is 4.74 Å². The molecule has 88 valence electrons. The second-order valence-electron chi connectivity index (χ2n) is 4.20. The summed E-state index contributed by atoms with van der Waals surface area (Å²) in [5.41, 5.74) is 2.01. The average Bonchev–Trinajstić information content (AvgIpc) is 2.41. The molecule has 0 aliphatic carbocycles. The average molecular weight is 226 g/mol. The van der Waals surface area contributed by atoms with Crippen molar-refractivity contribution in [1.82, 2.24) is 0 Å². The molecule has 2 rings (SSSR count). The molecule has 0 unspecified atom stereocenters. The maximum Gasteiger partial charge on any atom is 0.115 e. The lowest BCUT2D eigenvalue weighted by molar-refractivity contribution is 0.00405. The van der Waals surface area contributed by atoms with Crippen molar-refractivity contribution in [3.8, 4) is 0 Å². The van der Waals surface area contributed by atoms with Crippen molar-refractivity contribution in [2.24, 2.45) is 0 Å². The number of rotatable bonds is 4. The van der Waals surface area contributed by atoms with Gasteiger partial charge in [0.1, 0.15) is 5.60 Å². The van der Waals surface area contributed by atoms with Gasteiger partial charge in [0.2, 0.25) is 0 Å². The van der Waals surface area contributed by atoms with Gasteiger partial charge in [-0.2, -0.15) is 0 Å². The third-order valence-electron chi connectivity index (χ3n) is 3.08. The van der Waals surface area contributed by atoms with Gasteiger partial charge in [0.25, 0.3) is 0 Å². The summed E-state index contributed by atoms with van der Waals surface area (Å²) < 4.78 is 6.00. The van der Waals surface area contributed by atoms with Crippen LogP contribution in [0.2, 0.25) is 0 Å². The summed E-state index contributed by atoms with van der Waals surface area (Å²) in [6.45, 7) is 4.85. The first-order valence-electron chi connectivity index (χ1n) is 6.02. The SMILES string of the molecule is CCOC(C)(c1ccccc1)c1ccccc1. The summed E-state index contributed by atoms with van der Waals surface area (Å²) in [6.07, 6.45) is 0. The molecule has 0 aliphatic heterocycles. The fourth-order valence-electron chi connectivity index (χ4n) is 2.13. The lowest BCUT2D eigenvalue weighted by atomic mass is 9.88. The highest BCUT2D eigenvalue weighted by molar-refractivity contribution is 5.35. The van der Waals surface area contributed by atoms with E-state index < -0.39 is 0 Å². The molecule has 0 amide bonds. The van der Waals surface area contributed by atoms with Crippen LogP contribution in [0.4, 0.5) is 0 Å². The monoisotopic (exact) mass is 226 g/mol. The van der Waals surface area contributed by atoms with E-state index in [1.807, 2.05) is 19.1 Å². The molecule has 0 atom stereocenters. The molecular formula is C16H18O. The summed E-state index contributed by atoms with van der Waals surface area (Å²) in [4.78, 5) is 0. The van der Waals surface area contributed by atoms with Crippen LogP contribution in [0, 0.1) is 0 Å². The van der Waals surface area contributed by atoms with Gasteiger partial charge in [-0.05, 0) is 25.0 Å². The molecule has 0 aliphatic rings. The zero-order chi connectivity index (χ0) is 12.1. The van der Waals surface area contributed by atoms with E-state index in [0.29, 0.717) is 6.61 Å². The molecular weight excluding hydrogens is 208 g/mol. The number of hydrogen-bond donors (Lipinski definition) is 0. The molecule has 1 heteroatoms. The maximum atomic E-state index is 6.00. The van der Waals surface area contributed by atoms with Crippen molar-refractivity contribution >= 4 is 0 Å². The molecule has 0 spiro atoms. The summed E-state index contributed by atoms with van der Waals surface area (Å²) >= 11 is 0. The normalized spacial score (nSPS) is 11.4. The van der Waals surface area contributed by atoms with E-state index in [0.717, 1.165) is 0 Å². The van der Waals surface area contributed by atoms with E-state index in [1.165, 1.54) is 11.1 Å². The molecule has 0 fully saturated rings. The highest BCUT2D eigenvalue weighted by Gasteiger charge is 2.28. The zero-order valence-corrected chi connectivity index (χ0v) is 10.4. The van der Waals surface area contributed by atoms with Crippen LogP contribution in [-0.2, 0) is 10.3 Å². The van der Waals surface area contributed by atoms with Gasteiger partial charge in [0, 0.05) is 6.61 Å². The predicted molar refractivity (Wildman–Crippen MR) is 71.0 cm³/mol. The van der Waals surface area contributed by atoms with Crippen LogP contribution in [0.3, 0.4) is 0 Å². The first kappa shape index (κ1) is 11.9. The van der Waals surface area contributed by atoms with Crippen molar-refractivity contribution in [2.45, 2.75) is 19.4 Å². The van der Waals surface area contributed by atoms with E-state index >= 15 is 0 Å². The Morgan fingerprint density at radius 3 is 1.59 bits per heavy atom. The number of ether oxygens (including phenoxy) is 1. The van der Waals surface area contributed by atoms with Crippen LogP contribution >= 0.6 is 0 Å². The summed E-state index contributed by atoms with van der Waals surface area (Å²) in [7, 11) is 0. The van der Waals surface area contributed by atoms with Crippen LogP contribution in [0.1, 0.15) is 25.0 Å². The molecule has 17 heavy (non-hydrogen) atoms. The Labute approximate surface area is 103 Å². The lowest BCUT2D eigenvalue weighted by Gasteiger charge is -2.30. The smallest absolute Gasteiger partial charge is 0.115 e. The molecule has 0 heterocycles. The van der Waals surface area contributed by atoms with Gasteiger partial charge in [0.15, 0.2) is 0 Å². The highest BCUT2D eigenvalue weighted by atomic mass is 16.5. The Kier molecular flexibility index (Phi) is 3.60. The predicted octanol–water partition coefficient (Wildman–Crippen LogP) is 3.99. The molecule has 2 aromatic carbocycles. The standard InChI is InChI=1S/C16H18O/c1-3-17-16(2,14-10-6-4-7-11-14)15-12-8-5-9-13-15/h4-13H,3H2,1-2H3. The van der Waals surface area contributed by atoms with E-state index in [-0.39, 0.29) is 5.60 Å². The molecule has 0 N–H and O–H groups in total. The Bertz CT molecular complexity index is 408. The largest absolute Gasteiger partial charge is 0.366 e. The summed E-state index contributed by atoms with van der Waals surface area (Å²) in [5.74, 6) is 0. The topological polar surface area (TPSA) is 9.23 Å². The van der Waals surface area contributed by atoms with Crippen LogP contribution in [-0.4, -0.2) is 6.61 Å². The van der Waals surface area contributed by atoms with Crippen LogP contribution < -0.4 is 0 Å². The van der Waals surface area contributed by atoms with Gasteiger partial charge >= 0.3 is 0 Å². The molecule has 0 saturated heterocycles. The van der Waals surface area contributed by atoms with Crippen LogP contribution in [0.15, 0.2) is 60.7 Å². The van der Waals surface area contributed by atoms with Gasteiger partial charge < -0.3 is 4.74 Å². The molecule has 0 saturated carbocycles. The Balaban J connectivity index is 2.47. The van der Waals surface area contributed by atoms with Crippen molar-refractivity contribution < 1.29 is 4.74 Å². The highest BCUT2D eigenvalue weighted by Crippen LogP contribution is 2.32. The molecule has 0 bridgehead atoms. The summed E-state index contributed by atoms with van der Waals surface area (Å²) in [6, 6.07) is 20.7. The van der Waals surface area contributed by atoms with Gasteiger partial charge in [-0.15, -0.1) is 0 Å². The lowest BCUT2D eigenvalue weighted by Crippen LogP contribution is -2.27. The van der Waals surface area contributed by atoms with Gasteiger partial charge in [-0.1, -0.05) is 60.7 Å². The Hall–Kier alpha value is -1.60. The van der Waals surface area contributed by atoms with E-state index in [2.05, 4.69) is 55.5 Å². The first-order valence-corrected chi connectivity index (χ1v) is 6.02.